The Hall–Kier alpha value is -2.80. The van der Waals surface area contributed by atoms with Crippen molar-refractivity contribution in [2.75, 3.05) is 19.9 Å². The lowest BCUT2D eigenvalue weighted by Crippen LogP contribution is -2.27. The van der Waals surface area contributed by atoms with Crippen LogP contribution in [0.4, 0.5) is 0 Å². The highest BCUT2D eigenvalue weighted by molar-refractivity contribution is 7.99. The van der Waals surface area contributed by atoms with Gasteiger partial charge in [-0.3, -0.25) is 9.36 Å². The van der Waals surface area contributed by atoms with Gasteiger partial charge < -0.3 is 9.64 Å². The number of thioether (sulfide) groups is 1. The molecular weight excluding hydrogens is 348 g/mol. The molecule has 1 amide bonds. The molecule has 0 saturated carbocycles. The summed E-state index contributed by atoms with van der Waals surface area (Å²) in [4.78, 5) is 14.1. The first kappa shape index (κ1) is 18.0. The molecule has 134 valence electrons. The summed E-state index contributed by atoms with van der Waals surface area (Å²) in [6.07, 6.45) is 1.64. The van der Waals surface area contributed by atoms with Gasteiger partial charge in [0.05, 0.1) is 12.9 Å². The van der Waals surface area contributed by atoms with E-state index in [0.29, 0.717) is 17.5 Å². The third-order valence-corrected chi connectivity index (χ3v) is 4.81. The molecule has 0 aliphatic heterocycles. The van der Waals surface area contributed by atoms with Gasteiger partial charge in [-0.15, -0.1) is 10.2 Å². The normalized spacial score (nSPS) is 10.5. The third-order valence-electron chi connectivity index (χ3n) is 3.88. The summed E-state index contributed by atoms with van der Waals surface area (Å²) >= 11 is 1.37. The maximum atomic E-state index is 12.4. The van der Waals surface area contributed by atoms with Gasteiger partial charge in [0, 0.05) is 19.3 Å². The monoisotopic (exact) mass is 368 g/mol. The summed E-state index contributed by atoms with van der Waals surface area (Å²) in [6.45, 7) is 0.589. The number of carbonyl (C=O) groups excluding carboxylic acids is 1. The molecule has 0 unspecified atom stereocenters. The van der Waals surface area contributed by atoms with Crippen LogP contribution < -0.4 is 4.74 Å². The van der Waals surface area contributed by atoms with Gasteiger partial charge in [-0.25, -0.2) is 0 Å². The highest BCUT2D eigenvalue weighted by Crippen LogP contribution is 2.21. The van der Waals surface area contributed by atoms with E-state index in [-0.39, 0.29) is 5.91 Å². The molecule has 0 aliphatic carbocycles. The fourth-order valence-electron chi connectivity index (χ4n) is 2.42. The van der Waals surface area contributed by atoms with E-state index in [1.54, 1.807) is 18.3 Å². The van der Waals surface area contributed by atoms with Crippen LogP contribution >= 0.6 is 11.8 Å². The molecule has 1 heterocycles. The number of carbonyl (C=O) groups is 1. The zero-order valence-electron chi connectivity index (χ0n) is 14.7. The highest BCUT2D eigenvalue weighted by atomic mass is 32.2. The van der Waals surface area contributed by atoms with E-state index in [9.17, 15) is 4.79 Å². The smallest absolute Gasteiger partial charge is 0.233 e. The lowest BCUT2D eigenvalue weighted by Gasteiger charge is -2.17. The van der Waals surface area contributed by atoms with Crippen LogP contribution in [0.25, 0.3) is 5.69 Å². The molecule has 0 saturated heterocycles. The summed E-state index contributed by atoms with van der Waals surface area (Å²) < 4.78 is 7.03. The lowest BCUT2D eigenvalue weighted by molar-refractivity contribution is -0.127. The number of rotatable bonds is 7. The Balaban J connectivity index is 1.61. The first-order valence-electron chi connectivity index (χ1n) is 8.12. The molecule has 0 N–H and O–H groups in total. The fourth-order valence-corrected chi connectivity index (χ4v) is 3.29. The molecule has 7 heteroatoms. The maximum Gasteiger partial charge on any atom is 0.233 e. The van der Waals surface area contributed by atoms with E-state index in [1.165, 1.54) is 11.8 Å². The Bertz CT molecular complexity index is 849. The van der Waals surface area contributed by atoms with E-state index in [2.05, 4.69) is 10.2 Å². The van der Waals surface area contributed by atoms with Crippen molar-refractivity contribution in [3.8, 4) is 11.4 Å². The lowest BCUT2D eigenvalue weighted by atomic mass is 10.2. The second-order valence-electron chi connectivity index (χ2n) is 5.71. The molecular formula is C19H20N4O2S. The molecule has 3 aromatic rings. The van der Waals surface area contributed by atoms with Gasteiger partial charge in [-0.2, -0.15) is 0 Å². The molecule has 1 aromatic heterocycles. The first-order valence-corrected chi connectivity index (χ1v) is 9.11. The Kier molecular flexibility index (Phi) is 5.91. The molecule has 3 rings (SSSR count). The molecule has 0 atom stereocenters. The van der Waals surface area contributed by atoms with Crippen LogP contribution in [0.3, 0.4) is 0 Å². The third kappa shape index (κ3) is 4.43. The van der Waals surface area contributed by atoms with Crippen LogP contribution in [0.15, 0.2) is 66.1 Å². The number of hydrogen-bond donors (Lipinski definition) is 0. The minimum Gasteiger partial charge on any atom is -0.497 e. The van der Waals surface area contributed by atoms with Gasteiger partial charge in [-0.05, 0) is 29.8 Å². The van der Waals surface area contributed by atoms with Crippen LogP contribution in [0.1, 0.15) is 5.56 Å². The first-order chi connectivity index (χ1) is 12.7. The van der Waals surface area contributed by atoms with E-state index >= 15 is 0 Å². The SMILES string of the molecule is COc1ccc(-n2cnnc2SCC(=O)N(C)Cc2ccccc2)cc1. The van der Waals surface area contributed by atoms with Crippen molar-refractivity contribution in [1.29, 1.82) is 0 Å². The molecule has 0 bridgehead atoms. The van der Waals surface area contributed by atoms with Crippen LogP contribution in [0.5, 0.6) is 5.75 Å². The van der Waals surface area contributed by atoms with Crippen molar-refractivity contribution in [3.63, 3.8) is 0 Å². The maximum absolute atomic E-state index is 12.4. The highest BCUT2D eigenvalue weighted by Gasteiger charge is 2.13. The summed E-state index contributed by atoms with van der Waals surface area (Å²) in [7, 11) is 3.44. The second-order valence-corrected chi connectivity index (χ2v) is 6.65. The van der Waals surface area contributed by atoms with Gasteiger partial charge in [0.15, 0.2) is 5.16 Å². The molecule has 26 heavy (non-hydrogen) atoms. The second kappa shape index (κ2) is 8.53. The van der Waals surface area contributed by atoms with Crippen LogP contribution in [-0.4, -0.2) is 45.5 Å². The van der Waals surface area contributed by atoms with Crippen LogP contribution in [0.2, 0.25) is 0 Å². The van der Waals surface area contributed by atoms with Gasteiger partial charge in [-0.1, -0.05) is 42.1 Å². The fraction of sp³-hybridized carbons (Fsp3) is 0.211. The number of nitrogens with zero attached hydrogens (tertiary/aromatic N) is 4. The molecule has 0 spiro atoms. The van der Waals surface area contributed by atoms with Crippen molar-refractivity contribution < 1.29 is 9.53 Å². The Morgan fingerprint density at radius 3 is 2.58 bits per heavy atom. The predicted molar refractivity (Wildman–Crippen MR) is 102 cm³/mol. The number of amides is 1. The number of ether oxygens (including phenoxy) is 1. The van der Waals surface area contributed by atoms with Crippen molar-refractivity contribution in [2.45, 2.75) is 11.7 Å². The van der Waals surface area contributed by atoms with Gasteiger partial charge in [0.1, 0.15) is 12.1 Å². The summed E-state index contributed by atoms with van der Waals surface area (Å²) in [6, 6.07) is 17.5. The van der Waals surface area contributed by atoms with Gasteiger partial charge >= 0.3 is 0 Å². The van der Waals surface area contributed by atoms with E-state index < -0.39 is 0 Å². The predicted octanol–water partition coefficient (Wildman–Crippen LogP) is 3.03. The summed E-state index contributed by atoms with van der Waals surface area (Å²) in [5, 5.41) is 8.77. The summed E-state index contributed by atoms with van der Waals surface area (Å²) in [5.41, 5.74) is 2.03. The Morgan fingerprint density at radius 1 is 1.15 bits per heavy atom. The van der Waals surface area contributed by atoms with Crippen molar-refractivity contribution >= 4 is 17.7 Å². The van der Waals surface area contributed by atoms with Gasteiger partial charge in [0.2, 0.25) is 5.91 Å². The zero-order valence-corrected chi connectivity index (χ0v) is 15.5. The zero-order chi connectivity index (χ0) is 18.4. The molecule has 6 nitrogen and oxygen atoms in total. The Labute approximate surface area is 156 Å². The topological polar surface area (TPSA) is 60.2 Å². The average molecular weight is 368 g/mol. The van der Waals surface area contributed by atoms with Crippen LogP contribution in [0, 0.1) is 0 Å². The van der Waals surface area contributed by atoms with E-state index in [1.807, 2.05) is 66.2 Å². The standard InChI is InChI=1S/C19H20N4O2S/c1-22(12-15-6-4-3-5-7-15)18(24)13-26-19-21-20-14-23(19)16-8-10-17(25-2)11-9-16/h3-11,14H,12-13H2,1-2H3. The van der Waals surface area contributed by atoms with E-state index in [4.69, 9.17) is 4.74 Å². The Morgan fingerprint density at radius 2 is 1.88 bits per heavy atom. The van der Waals surface area contributed by atoms with Crippen molar-refractivity contribution in [1.82, 2.24) is 19.7 Å². The number of methoxy groups -OCH3 is 1. The molecule has 0 fully saturated rings. The van der Waals surface area contributed by atoms with Crippen molar-refractivity contribution in [3.05, 3.63) is 66.5 Å². The number of aromatic nitrogens is 3. The number of benzene rings is 2. The van der Waals surface area contributed by atoms with Crippen molar-refractivity contribution in [2.24, 2.45) is 0 Å². The average Bonchev–Trinajstić information content (AvgIpc) is 3.15. The molecule has 0 radical (unpaired) electrons. The minimum atomic E-state index is 0.0446. The largest absolute Gasteiger partial charge is 0.497 e. The molecule has 0 aliphatic rings. The quantitative estimate of drug-likeness (QED) is 0.600. The minimum absolute atomic E-state index is 0.0446. The van der Waals surface area contributed by atoms with E-state index in [0.717, 1.165) is 17.0 Å². The van der Waals surface area contributed by atoms with Crippen LogP contribution in [-0.2, 0) is 11.3 Å². The molecule has 2 aromatic carbocycles. The van der Waals surface area contributed by atoms with Gasteiger partial charge in [0.25, 0.3) is 0 Å². The number of hydrogen-bond acceptors (Lipinski definition) is 5. The summed E-state index contributed by atoms with van der Waals surface area (Å²) in [5.74, 6) is 1.13.